The first-order chi connectivity index (χ1) is 16.4. The van der Waals surface area contributed by atoms with Crippen LogP contribution in [0, 0.1) is 11.8 Å². The van der Waals surface area contributed by atoms with E-state index in [-0.39, 0.29) is 36.8 Å². The van der Waals surface area contributed by atoms with Gasteiger partial charge in [-0.3, -0.25) is 4.79 Å². The van der Waals surface area contributed by atoms with E-state index in [0.717, 1.165) is 22.3 Å². The minimum absolute atomic E-state index is 0.0696. The predicted octanol–water partition coefficient (Wildman–Crippen LogP) is 3.16. The van der Waals surface area contributed by atoms with Gasteiger partial charge in [-0.2, -0.15) is 0 Å². The number of nitrogens with one attached hydrogen (secondary N) is 2. The van der Waals surface area contributed by atoms with Crippen LogP contribution in [-0.2, 0) is 19.1 Å². The van der Waals surface area contributed by atoms with Crippen molar-refractivity contribution < 1.29 is 29.0 Å². The van der Waals surface area contributed by atoms with E-state index in [1.807, 2.05) is 50.2 Å². The molecule has 2 aromatic rings. The molecule has 1 aliphatic carbocycles. The summed E-state index contributed by atoms with van der Waals surface area (Å²) in [5.41, 5.74) is 4.51. The summed E-state index contributed by atoms with van der Waals surface area (Å²) < 4.78 is 10.8. The van der Waals surface area contributed by atoms with Gasteiger partial charge in [-0.15, -0.1) is 0 Å². The lowest BCUT2D eigenvalue weighted by Crippen LogP contribution is -2.51. The maximum atomic E-state index is 12.8. The zero-order valence-corrected chi connectivity index (χ0v) is 19.3. The van der Waals surface area contributed by atoms with Gasteiger partial charge in [0.25, 0.3) is 0 Å². The monoisotopic (exact) mass is 466 g/mol. The molecule has 0 aromatic heterocycles. The first-order valence-corrected chi connectivity index (χ1v) is 11.6. The summed E-state index contributed by atoms with van der Waals surface area (Å²) in [6.45, 7) is 4.33. The predicted molar refractivity (Wildman–Crippen MR) is 125 cm³/mol. The Morgan fingerprint density at radius 2 is 1.68 bits per heavy atom. The molecule has 1 fully saturated rings. The smallest absolute Gasteiger partial charge is 0.407 e. The zero-order chi connectivity index (χ0) is 24.2. The Kier molecular flexibility index (Phi) is 7.17. The molecule has 2 amide bonds. The van der Waals surface area contributed by atoms with Crippen LogP contribution in [-0.4, -0.2) is 55.0 Å². The number of ether oxygens (including phenoxy) is 2. The molecule has 180 valence electrons. The van der Waals surface area contributed by atoms with Crippen LogP contribution >= 0.6 is 0 Å². The van der Waals surface area contributed by atoms with Crippen molar-refractivity contribution in [3.63, 3.8) is 0 Å². The van der Waals surface area contributed by atoms with Crippen LogP contribution in [0.3, 0.4) is 0 Å². The largest absolute Gasteiger partial charge is 0.479 e. The molecule has 1 heterocycles. The number of benzene rings is 2. The van der Waals surface area contributed by atoms with E-state index in [1.165, 1.54) is 0 Å². The maximum Gasteiger partial charge on any atom is 0.407 e. The lowest BCUT2D eigenvalue weighted by molar-refractivity contribution is -0.149. The fourth-order valence-electron chi connectivity index (χ4n) is 4.76. The van der Waals surface area contributed by atoms with Crippen molar-refractivity contribution in [1.82, 2.24) is 10.6 Å². The van der Waals surface area contributed by atoms with Gasteiger partial charge in [0, 0.05) is 25.0 Å². The third kappa shape index (κ3) is 4.92. The molecule has 0 spiro atoms. The Morgan fingerprint density at radius 1 is 1.06 bits per heavy atom. The van der Waals surface area contributed by atoms with Crippen LogP contribution in [0.25, 0.3) is 11.1 Å². The van der Waals surface area contributed by atoms with Gasteiger partial charge in [0.05, 0.1) is 0 Å². The van der Waals surface area contributed by atoms with Crippen molar-refractivity contribution in [2.45, 2.75) is 38.3 Å². The number of aliphatic carboxylic acids is 1. The molecule has 8 heteroatoms. The third-order valence-electron chi connectivity index (χ3n) is 6.56. The number of carboxylic acids is 1. The number of hydrogen-bond acceptors (Lipinski definition) is 5. The molecule has 3 atom stereocenters. The van der Waals surface area contributed by atoms with Gasteiger partial charge >= 0.3 is 12.1 Å². The lowest BCUT2D eigenvalue weighted by atomic mass is 9.98. The summed E-state index contributed by atoms with van der Waals surface area (Å²) in [6, 6.07) is 15.4. The molecular formula is C26H30N2O6. The first-order valence-electron chi connectivity index (χ1n) is 11.6. The van der Waals surface area contributed by atoms with Gasteiger partial charge in [-0.25, -0.2) is 9.59 Å². The normalized spacial score (nSPS) is 19.9. The molecule has 3 N–H and O–H groups in total. The van der Waals surface area contributed by atoms with Crippen LogP contribution in [0.2, 0.25) is 0 Å². The van der Waals surface area contributed by atoms with Gasteiger partial charge in [-0.1, -0.05) is 62.4 Å². The Labute approximate surface area is 198 Å². The summed E-state index contributed by atoms with van der Waals surface area (Å²) >= 11 is 0. The molecule has 1 aliphatic heterocycles. The molecule has 4 rings (SSSR count). The van der Waals surface area contributed by atoms with E-state index in [9.17, 15) is 19.5 Å². The lowest BCUT2D eigenvalue weighted by Gasteiger charge is -2.23. The van der Waals surface area contributed by atoms with Crippen LogP contribution < -0.4 is 10.6 Å². The number of rotatable bonds is 8. The summed E-state index contributed by atoms with van der Waals surface area (Å²) in [5.74, 6) is -1.97. The highest BCUT2D eigenvalue weighted by Crippen LogP contribution is 2.44. The van der Waals surface area contributed by atoms with E-state index >= 15 is 0 Å². The van der Waals surface area contributed by atoms with E-state index in [4.69, 9.17) is 9.47 Å². The Hall–Kier alpha value is -3.39. The summed E-state index contributed by atoms with van der Waals surface area (Å²) in [4.78, 5) is 36.7. The number of amides is 2. The first kappa shape index (κ1) is 23.8. The van der Waals surface area contributed by atoms with Crippen LogP contribution in [0.1, 0.15) is 37.3 Å². The topological polar surface area (TPSA) is 114 Å². The molecule has 0 saturated carbocycles. The fourth-order valence-corrected chi connectivity index (χ4v) is 4.76. The standard InChI is InChI=1S/C26H30N2O6/c1-15(2)22(24(29)27-13-16-11-12-33-23(16)25(30)31)28-26(32)34-14-21-19-9-5-3-7-17(19)18-8-4-6-10-20(18)21/h3-10,15-16,21-23H,11-14H2,1-2H3,(H,27,29)(H,28,32)(H,30,31)/t16-,22+,23-/m0/s1. The van der Waals surface area contributed by atoms with E-state index < -0.39 is 24.2 Å². The molecular weight excluding hydrogens is 436 g/mol. The van der Waals surface area contributed by atoms with Crippen molar-refractivity contribution in [3.05, 3.63) is 59.7 Å². The second-order valence-electron chi connectivity index (χ2n) is 9.12. The Morgan fingerprint density at radius 3 is 2.26 bits per heavy atom. The van der Waals surface area contributed by atoms with Crippen LogP contribution in [0.4, 0.5) is 4.79 Å². The molecule has 8 nitrogen and oxygen atoms in total. The highest BCUT2D eigenvalue weighted by Gasteiger charge is 2.35. The van der Waals surface area contributed by atoms with Crippen molar-refractivity contribution in [2.75, 3.05) is 19.8 Å². The average molecular weight is 467 g/mol. The maximum absolute atomic E-state index is 12.8. The highest BCUT2D eigenvalue weighted by molar-refractivity contribution is 5.86. The third-order valence-corrected chi connectivity index (χ3v) is 6.56. The van der Waals surface area contributed by atoms with Gasteiger partial charge in [0.2, 0.25) is 5.91 Å². The Balaban J connectivity index is 1.35. The fraction of sp³-hybridized carbons (Fsp3) is 0.423. The SMILES string of the molecule is CC(C)[C@@H](NC(=O)OCC1c2ccccc2-c2ccccc21)C(=O)NC[C@@H]1CCO[C@@H]1C(=O)O. The molecule has 0 radical (unpaired) electrons. The summed E-state index contributed by atoms with van der Waals surface area (Å²) in [7, 11) is 0. The highest BCUT2D eigenvalue weighted by atomic mass is 16.5. The molecule has 34 heavy (non-hydrogen) atoms. The summed E-state index contributed by atoms with van der Waals surface area (Å²) in [6.07, 6.45) is -1.03. The molecule has 0 unspecified atom stereocenters. The van der Waals surface area contributed by atoms with E-state index in [1.54, 1.807) is 0 Å². The van der Waals surface area contributed by atoms with Crippen LogP contribution in [0.15, 0.2) is 48.5 Å². The number of alkyl carbamates (subject to hydrolysis) is 1. The van der Waals surface area contributed by atoms with Gasteiger partial charge in [0.15, 0.2) is 6.10 Å². The minimum atomic E-state index is -1.03. The van der Waals surface area contributed by atoms with Crippen molar-refractivity contribution in [2.24, 2.45) is 11.8 Å². The van der Waals surface area contributed by atoms with Gasteiger partial charge in [-0.05, 0) is 34.6 Å². The van der Waals surface area contributed by atoms with E-state index in [2.05, 4.69) is 22.8 Å². The molecule has 0 bridgehead atoms. The second kappa shape index (κ2) is 10.3. The number of carboxylic acid groups (broad SMARTS) is 1. The number of fused-ring (bicyclic) bond motifs is 3. The summed E-state index contributed by atoms with van der Waals surface area (Å²) in [5, 5.41) is 14.7. The number of hydrogen-bond donors (Lipinski definition) is 3. The van der Waals surface area contributed by atoms with Gasteiger partial charge < -0.3 is 25.2 Å². The molecule has 1 saturated heterocycles. The van der Waals surface area contributed by atoms with Crippen molar-refractivity contribution >= 4 is 18.0 Å². The minimum Gasteiger partial charge on any atom is -0.479 e. The quantitative estimate of drug-likeness (QED) is 0.551. The zero-order valence-electron chi connectivity index (χ0n) is 19.3. The van der Waals surface area contributed by atoms with Crippen molar-refractivity contribution in [3.8, 4) is 11.1 Å². The number of carbonyl (C=O) groups is 3. The Bertz CT molecular complexity index is 1020. The second-order valence-corrected chi connectivity index (χ2v) is 9.12. The number of carbonyl (C=O) groups excluding carboxylic acids is 2. The van der Waals surface area contributed by atoms with E-state index in [0.29, 0.717) is 13.0 Å². The van der Waals surface area contributed by atoms with Crippen LogP contribution in [0.5, 0.6) is 0 Å². The average Bonchev–Trinajstić information content (AvgIpc) is 3.42. The molecule has 2 aliphatic rings. The van der Waals surface area contributed by atoms with Crippen molar-refractivity contribution in [1.29, 1.82) is 0 Å². The molecule has 2 aromatic carbocycles. The van der Waals surface area contributed by atoms with Gasteiger partial charge in [0.1, 0.15) is 12.6 Å².